The molecule has 1 amide bonds. The summed E-state index contributed by atoms with van der Waals surface area (Å²) in [7, 11) is 1.67. The number of carbonyl (C=O) groups excluding carboxylic acids is 1. The van der Waals surface area contributed by atoms with E-state index in [9.17, 15) is 4.79 Å². The molecule has 5 nitrogen and oxygen atoms in total. The molecule has 26 heavy (non-hydrogen) atoms. The van der Waals surface area contributed by atoms with Gasteiger partial charge in [0.05, 0.1) is 12.9 Å². The summed E-state index contributed by atoms with van der Waals surface area (Å²) in [4.78, 5) is 23.7. The Morgan fingerprint density at radius 1 is 1.38 bits per heavy atom. The summed E-state index contributed by atoms with van der Waals surface area (Å²) in [5, 5.41) is 0.636. The van der Waals surface area contributed by atoms with Gasteiger partial charge in [0.25, 0.3) is 0 Å². The Bertz CT molecular complexity index is 822. The van der Waals surface area contributed by atoms with E-state index in [1.165, 1.54) is 11.8 Å². The average molecular weight is 372 g/mol. The summed E-state index contributed by atoms with van der Waals surface area (Å²) in [6, 6.07) is 7.82. The standard InChI is InChI=1S/C20H25N3O2S/c1-13-11-20(3,4)23(17-7-6-15(25-5)10-16(13)17)18(24)12-26-19-21-9-8-14(2)22-19/h6-10,13H,11-12H2,1-5H3. The van der Waals surface area contributed by atoms with Gasteiger partial charge < -0.3 is 9.64 Å². The first-order valence-corrected chi connectivity index (χ1v) is 9.74. The van der Waals surface area contributed by atoms with Crippen molar-refractivity contribution in [1.82, 2.24) is 9.97 Å². The number of aromatic nitrogens is 2. The summed E-state index contributed by atoms with van der Waals surface area (Å²) >= 11 is 1.38. The van der Waals surface area contributed by atoms with Crippen molar-refractivity contribution < 1.29 is 9.53 Å². The van der Waals surface area contributed by atoms with Gasteiger partial charge >= 0.3 is 0 Å². The van der Waals surface area contributed by atoms with Gasteiger partial charge in [0.1, 0.15) is 5.75 Å². The van der Waals surface area contributed by atoms with Crippen molar-refractivity contribution in [3.63, 3.8) is 0 Å². The van der Waals surface area contributed by atoms with Gasteiger partial charge in [0.2, 0.25) is 5.91 Å². The van der Waals surface area contributed by atoms with Crippen LogP contribution in [0.5, 0.6) is 5.75 Å². The molecule has 1 aliphatic heterocycles. The van der Waals surface area contributed by atoms with Crippen molar-refractivity contribution >= 4 is 23.4 Å². The topological polar surface area (TPSA) is 55.3 Å². The number of rotatable bonds is 4. The van der Waals surface area contributed by atoms with E-state index in [0.717, 1.165) is 29.1 Å². The summed E-state index contributed by atoms with van der Waals surface area (Å²) in [6.07, 6.45) is 2.63. The van der Waals surface area contributed by atoms with Crippen LogP contribution in [0.1, 0.15) is 44.4 Å². The van der Waals surface area contributed by atoms with Gasteiger partial charge in [-0.25, -0.2) is 9.97 Å². The molecule has 1 atom stereocenters. The van der Waals surface area contributed by atoms with Crippen molar-refractivity contribution in [2.75, 3.05) is 17.8 Å². The second kappa shape index (κ2) is 7.27. The lowest BCUT2D eigenvalue weighted by molar-refractivity contribution is -0.117. The van der Waals surface area contributed by atoms with Crippen LogP contribution in [0.25, 0.3) is 0 Å². The first-order chi connectivity index (χ1) is 12.3. The van der Waals surface area contributed by atoms with E-state index in [2.05, 4.69) is 30.7 Å². The van der Waals surface area contributed by atoms with E-state index in [1.54, 1.807) is 13.3 Å². The zero-order chi connectivity index (χ0) is 18.9. The van der Waals surface area contributed by atoms with Gasteiger partial charge in [-0.3, -0.25) is 4.79 Å². The maximum atomic E-state index is 13.1. The highest BCUT2D eigenvalue weighted by Crippen LogP contribution is 2.44. The third-order valence-corrected chi connectivity index (χ3v) is 5.61. The van der Waals surface area contributed by atoms with Crippen LogP contribution in [-0.2, 0) is 4.79 Å². The van der Waals surface area contributed by atoms with Crippen molar-refractivity contribution in [3.8, 4) is 5.75 Å². The minimum absolute atomic E-state index is 0.0726. The SMILES string of the molecule is COc1ccc2c(c1)C(C)CC(C)(C)N2C(=O)CSc1nccc(C)n1. The largest absolute Gasteiger partial charge is 0.497 e. The number of fused-ring (bicyclic) bond motifs is 1. The zero-order valence-corrected chi connectivity index (χ0v) is 16.8. The molecule has 0 fully saturated rings. The molecule has 0 N–H and O–H groups in total. The third kappa shape index (κ3) is 3.70. The minimum atomic E-state index is -0.244. The first kappa shape index (κ1) is 18.7. The number of nitrogens with zero attached hydrogens (tertiary/aromatic N) is 3. The lowest BCUT2D eigenvalue weighted by Gasteiger charge is -2.46. The quantitative estimate of drug-likeness (QED) is 0.595. The molecule has 0 radical (unpaired) electrons. The molecular weight excluding hydrogens is 346 g/mol. The molecule has 0 saturated heterocycles. The van der Waals surface area contributed by atoms with Gasteiger partial charge in [0, 0.05) is 23.1 Å². The normalized spacial score (nSPS) is 18.3. The predicted molar refractivity (Wildman–Crippen MR) is 105 cm³/mol. The van der Waals surface area contributed by atoms with Crippen molar-refractivity contribution in [2.24, 2.45) is 0 Å². The predicted octanol–water partition coefficient (Wildman–Crippen LogP) is 4.20. The Morgan fingerprint density at radius 2 is 2.15 bits per heavy atom. The number of methoxy groups -OCH3 is 1. The van der Waals surface area contributed by atoms with Crippen LogP contribution >= 0.6 is 11.8 Å². The number of anilines is 1. The highest BCUT2D eigenvalue weighted by Gasteiger charge is 2.39. The smallest absolute Gasteiger partial charge is 0.237 e. The van der Waals surface area contributed by atoms with E-state index in [0.29, 0.717) is 16.8 Å². The monoisotopic (exact) mass is 371 g/mol. The van der Waals surface area contributed by atoms with Crippen LogP contribution in [0.15, 0.2) is 35.6 Å². The van der Waals surface area contributed by atoms with E-state index < -0.39 is 0 Å². The fraction of sp³-hybridized carbons (Fsp3) is 0.450. The Morgan fingerprint density at radius 3 is 2.85 bits per heavy atom. The Kier molecular flexibility index (Phi) is 5.23. The number of hydrogen-bond acceptors (Lipinski definition) is 5. The van der Waals surface area contributed by atoms with E-state index in [1.807, 2.05) is 36.1 Å². The minimum Gasteiger partial charge on any atom is -0.497 e. The molecule has 138 valence electrons. The molecule has 0 bridgehead atoms. The number of thioether (sulfide) groups is 1. The molecule has 1 aliphatic rings. The van der Waals surface area contributed by atoms with Crippen molar-refractivity contribution in [2.45, 2.75) is 50.7 Å². The Hall–Kier alpha value is -2.08. The maximum Gasteiger partial charge on any atom is 0.237 e. The first-order valence-electron chi connectivity index (χ1n) is 8.75. The van der Waals surface area contributed by atoms with E-state index >= 15 is 0 Å². The highest BCUT2D eigenvalue weighted by molar-refractivity contribution is 7.99. The molecule has 2 aromatic rings. The molecule has 3 rings (SSSR count). The second-order valence-corrected chi connectivity index (χ2v) is 8.28. The number of carbonyl (C=O) groups is 1. The van der Waals surface area contributed by atoms with Crippen LogP contribution in [0.3, 0.4) is 0 Å². The summed E-state index contributed by atoms with van der Waals surface area (Å²) < 4.78 is 5.37. The summed E-state index contributed by atoms with van der Waals surface area (Å²) in [6.45, 7) is 8.38. The molecule has 0 spiro atoms. The van der Waals surface area contributed by atoms with Crippen molar-refractivity contribution in [3.05, 3.63) is 41.7 Å². The molecule has 6 heteroatoms. The van der Waals surface area contributed by atoms with Gasteiger partial charge in [-0.15, -0.1) is 0 Å². The number of aryl methyl sites for hydroxylation is 1. The average Bonchev–Trinajstić information content (AvgIpc) is 2.59. The van der Waals surface area contributed by atoms with Crippen molar-refractivity contribution in [1.29, 1.82) is 0 Å². The summed E-state index contributed by atoms with van der Waals surface area (Å²) in [5.74, 6) is 1.58. The maximum absolute atomic E-state index is 13.1. The molecule has 1 aromatic carbocycles. The fourth-order valence-corrected chi connectivity index (χ4v) is 4.42. The fourth-order valence-electron chi connectivity index (χ4n) is 3.69. The lowest BCUT2D eigenvalue weighted by atomic mass is 9.80. The highest BCUT2D eigenvalue weighted by atomic mass is 32.2. The number of hydrogen-bond donors (Lipinski definition) is 0. The van der Waals surface area contributed by atoms with E-state index in [4.69, 9.17) is 4.74 Å². The van der Waals surface area contributed by atoms with Crippen LogP contribution in [-0.4, -0.2) is 34.3 Å². The van der Waals surface area contributed by atoms with E-state index in [-0.39, 0.29) is 11.4 Å². The zero-order valence-electron chi connectivity index (χ0n) is 15.9. The Balaban J connectivity index is 1.87. The number of amides is 1. The molecule has 1 unspecified atom stereocenters. The van der Waals surface area contributed by atoms with Gasteiger partial charge in [-0.05, 0) is 62.9 Å². The summed E-state index contributed by atoms with van der Waals surface area (Å²) in [5.41, 5.74) is 2.80. The van der Waals surface area contributed by atoms with Crippen LogP contribution < -0.4 is 9.64 Å². The van der Waals surface area contributed by atoms with Crippen LogP contribution in [0.4, 0.5) is 5.69 Å². The third-order valence-electron chi connectivity index (χ3n) is 4.76. The number of benzene rings is 1. The van der Waals surface area contributed by atoms with Gasteiger partial charge in [-0.1, -0.05) is 18.7 Å². The van der Waals surface area contributed by atoms with Crippen LogP contribution in [0, 0.1) is 6.92 Å². The molecule has 0 saturated carbocycles. The molecule has 2 heterocycles. The van der Waals surface area contributed by atoms with Crippen LogP contribution in [0.2, 0.25) is 0 Å². The molecule has 1 aromatic heterocycles. The van der Waals surface area contributed by atoms with Gasteiger partial charge in [-0.2, -0.15) is 0 Å². The Labute approximate surface area is 159 Å². The lowest BCUT2D eigenvalue weighted by Crippen LogP contribution is -2.52. The molecule has 0 aliphatic carbocycles. The van der Waals surface area contributed by atoms with Gasteiger partial charge in [0.15, 0.2) is 5.16 Å². The number of ether oxygens (including phenoxy) is 1. The second-order valence-electron chi connectivity index (χ2n) is 7.34. The molecular formula is C20H25N3O2S.